The van der Waals surface area contributed by atoms with E-state index in [9.17, 15) is 0 Å². The number of hydrogen-bond donors (Lipinski definition) is 0. The maximum atomic E-state index is 5.42. The molecular weight excluding hydrogens is 781 g/mol. The molecule has 12 nitrogen and oxygen atoms in total. The van der Waals surface area contributed by atoms with E-state index >= 15 is 0 Å². The van der Waals surface area contributed by atoms with Crippen molar-refractivity contribution in [3.05, 3.63) is 182 Å². The third-order valence-corrected chi connectivity index (χ3v) is 11.3. The molecule has 0 N–H and O–H groups in total. The molecule has 0 unspecified atom stereocenters. The lowest BCUT2D eigenvalue weighted by Crippen LogP contribution is -2.06. The lowest BCUT2D eigenvalue weighted by atomic mass is 10.0. The highest BCUT2D eigenvalue weighted by atomic mass is 15.4. The van der Waals surface area contributed by atoms with Gasteiger partial charge in [0.1, 0.15) is 0 Å². The van der Waals surface area contributed by atoms with Crippen LogP contribution in [0.4, 0.5) is 0 Å². The van der Waals surface area contributed by atoms with Gasteiger partial charge in [-0.05, 0) is 0 Å². The van der Waals surface area contributed by atoms with Gasteiger partial charge in [-0.2, -0.15) is 15.0 Å². The molecule has 0 fully saturated rings. The lowest BCUT2D eigenvalue weighted by molar-refractivity contribution is 0.995. The Labute approximate surface area is 357 Å². The normalized spacial score (nSPS) is 11.8. The van der Waals surface area contributed by atoms with Crippen molar-refractivity contribution >= 4 is 51.2 Å². The van der Waals surface area contributed by atoms with E-state index in [1.165, 1.54) is 0 Å². The summed E-state index contributed by atoms with van der Waals surface area (Å²) in [7, 11) is 0. The Kier molecular flexibility index (Phi) is 7.60. The second kappa shape index (κ2) is 13.8. The summed E-state index contributed by atoms with van der Waals surface area (Å²) in [6.45, 7) is 0. The Morgan fingerprint density at radius 3 is 0.603 bits per heavy atom. The van der Waals surface area contributed by atoms with Crippen LogP contribution >= 0.6 is 0 Å². The molecule has 0 bridgehead atoms. The fourth-order valence-electron chi connectivity index (χ4n) is 8.43. The average molecular weight is 811 g/mol. The molecule has 0 radical (unpaired) electrons. The lowest BCUT2D eigenvalue weighted by Gasteiger charge is -2.10. The molecule has 63 heavy (non-hydrogen) atoms. The maximum Gasteiger partial charge on any atom is 0.229 e. The summed E-state index contributed by atoms with van der Waals surface area (Å²) in [4.78, 5) is 47.9. The molecule has 0 aliphatic heterocycles. The Hall–Kier alpha value is -9.03. The number of imidazole rings is 3. The highest BCUT2D eigenvalue weighted by Crippen LogP contribution is 2.37. The molecule has 0 aliphatic carbocycles. The van der Waals surface area contributed by atoms with Gasteiger partial charge in [0.15, 0.2) is 16.9 Å². The molecule has 0 aliphatic rings. The summed E-state index contributed by atoms with van der Waals surface area (Å²) < 4.78 is 5.75. The van der Waals surface area contributed by atoms with Gasteiger partial charge in [0, 0.05) is 33.4 Å². The minimum Gasteiger partial charge on any atom is -0.228 e. The quantitative estimate of drug-likeness (QED) is 0.161. The first kappa shape index (κ1) is 34.8. The molecule has 13 rings (SSSR count). The molecular formula is C51H30N12. The summed E-state index contributed by atoms with van der Waals surface area (Å²) >= 11 is 0. The summed E-state index contributed by atoms with van der Waals surface area (Å²) in [5, 5.41) is 0. The largest absolute Gasteiger partial charge is 0.229 e. The molecule has 7 aromatic heterocycles. The second-order valence-electron chi connectivity index (χ2n) is 15.1. The van der Waals surface area contributed by atoms with Crippen molar-refractivity contribution in [3.63, 3.8) is 0 Å². The van der Waals surface area contributed by atoms with Gasteiger partial charge in [-0.15, -0.1) is 0 Å². The molecule has 0 spiro atoms. The third-order valence-electron chi connectivity index (χ3n) is 11.3. The van der Waals surface area contributed by atoms with E-state index in [1.807, 2.05) is 195 Å². The van der Waals surface area contributed by atoms with Gasteiger partial charge in [-0.1, -0.05) is 182 Å². The van der Waals surface area contributed by atoms with Crippen LogP contribution in [0.2, 0.25) is 0 Å². The first-order chi connectivity index (χ1) is 31.2. The molecule has 7 heterocycles. The van der Waals surface area contributed by atoms with Crippen molar-refractivity contribution in [2.45, 2.75) is 0 Å². The SMILES string of the molecule is c1ccc(-c2nc3nc4n(c3nc2-c2ccccc2)c2nc3nc(-c5ccccc5)c(-c5ccccc5)nc3n2c2nc3nc(-c5ccccc5)c(-c5ccccc5)nc3n42)cc1. The summed E-state index contributed by atoms with van der Waals surface area (Å²) in [5.74, 6) is 1.38. The first-order valence-corrected chi connectivity index (χ1v) is 20.5. The van der Waals surface area contributed by atoms with Crippen LogP contribution in [0.25, 0.3) is 119 Å². The van der Waals surface area contributed by atoms with Crippen molar-refractivity contribution in [3.8, 4) is 67.5 Å². The van der Waals surface area contributed by atoms with Gasteiger partial charge >= 0.3 is 0 Å². The predicted octanol–water partition coefficient (Wildman–Crippen LogP) is 10.5. The fraction of sp³-hybridized carbons (Fsp3) is 0. The topological polar surface area (TPSA) is 129 Å². The van der Waals surface area contributed by atoms with Crippen molar-refractivity contribution in [1.82, 2.24) is 58.1 Å². The number of aromatic nitrogens is 12. The monoisotopic (exact) mass is 810 g/mol. The van der Waals surface area contributed by atoms with Crippen LogP contribution < -0.4 is 0 Å². The van der Waals surface area contributed by atoms with Gasteiger partial charge in [0.05, 0.1) is 34.2 Å². The van der Waals surface area contributed by atoms with Crippen molar-refractivity contribution in [2.24, 2.45) is 0 Å². The first-order valence-electron chi connectivity index (χ1n) is 20.5. The molecule has 6 aromatic carbocycles. The Morgan fingerprint density at radius 1 is 0.206 bits per heavy atom. The van der Waals surface area contributed by atoms with Crippen LogP contribution in [-0.4, -0.2) is 58.1 Å². The molecule has 0 saturated carbocycles. The number of nitrogens with zero attached hydrogens (tertiary/aromatic N) is 12. The molecule has 0 saturated heterocycles. The van der Waals surface area contributed by atoms with Crippen LogP contribution in [0.1, 0.15) is 0 Å². The van der Waals surface area contributed by atoms with Crippen molar-refractivity contribution < 1.29 is 0 Å². The van der Waals surface area contributed by atoms with Gasteiger partial charge in [-0.3, -0.25) is 0 Å². The zero-order valence-corrected chi connectivity index (χ0v) is 33.2. The molecule has 0 atom stereocenters. The number of rotatable bonds is 6. The smallest absolute Gasteiger partial charge is 0.228 e. The second-order valence-corrected chi connectivity index (χ2v) is 15.1. The molecule has 0 amide bonds. The molecule has 294 valence electrons. The predicted molar refractivity (Wildman–Crippen MR) is 245 cm³/mol. The van der Waals surface area contributed by atoms with Gasteiger partial charge in [-0.25, -0.2) is 43.1 Å². The zero-order chi connectivity index (χ0) is 41.4. The number of fused-ring (bicyclic) bond motifs is 12. The third kappa shape index (κ3) is 5.45. The highest BCUT2D eigenvalue weighted by Gasteiger charge is 2.28. The Bertz CT molecular complexity index is 3430. The summed E-state index contributed by atoms with van der Waals surface area (Å²) in [5.41, 5.74) is 12.5. The minimum absolute atomic E-state index is 0.421. The van der Waals surface area contributed by atoms with Crippen LogP contribution in [0.5, 0.6) is 0 Å². The van der Waals surface area contributed by atoms with E-state index in [4.69, 9.17) is 44.9 Å². The van der Waals surface area contributed by atoms with Crippen LogP contribution in [0.3, 0.4) is 0 Å². The highest BCUT2D eigenvalue weighted by molar-refractivity contribution is 5.92. The van der Waals surface area contributed by atoms with Crippen LogP contribution in [0, 0.1) is 0 Å². The van der Waals surface area contributed by atoms with Gasteiger partial charge in [0.2, 0.25) is 34.3 Å². The van der Waals surface area contributed by atoms with Gasteiger partial charge in [0.25, 0.3) is 0 Å². The van der Waals surface area contributed by atoms with Gasteiger partial charge < -0.3 is 0 Å². The molecule has 13 aromatic rings. The van der Waals surface area contributed by atoms with E-state index in [2.05, 4.69) is 0 Å². The van der Waals surface area contributed by atoms with E-state index in [0.29, 0.717) is 85.4 Å². The maximum absolute atomic E-state index is 5.42. The van der Waals surface area contributed by atoms with E-state index in [0.717, 1.165) is 33.4 Å². The van der Waals surface area contributed by atoms with Crippen LogP contribution in [-0.2, 0) is 0 Å². The Balaban J connectivity index is 1.22. The number of hydrogen-bond acceptors (Lipinski definition) is 9. The fourth-order valence-corrected chi connectivity index (χ4v) is 8.43. The standard InChI is InChI=1S/C51H30N12/c1-7-19-31(20-8-1)37-40(34-25-13-4-14-26-34)55-46-43(52-37)58-49-61(46)50-59-45-48(57-42(36-29-17-6-18-30-36)39(54-45)33-23-11-3-12-24-33)63(50)51-60-44-47(62(49)51)56-41(35-27-15-5-16-28-35)38(53-44)32-21-9-2-10-22-32/h1-30H. The minimum atomic E-state index is 0.421. The summed E-state index contributed by atoms with van der Waals surface area (Å²) in [6.07, 6.45) is 0. The average Bonchev–Trinajstić information content (AvgIpc) is 4.05. The van der Waals surface area contributed by atoms with Crippen molar-refractivity contribution in [2.75, 3.05) is 0 Å². The summed E-state index contributed by atoms with van der Waals surface area (Å²) in [6, 6.07) is 60.5. The number of benzene rings is 6. The van der Waals surface area contributed by atoms with E-state index < -0.39 is 0 Å². The van der Waals surface area contributed by atoms with Crippen molar-refractivity contribution in [1.29, 1.82) is 0 Å². The molecule has 12 heteroatoms. The van der Waals surface area contributed by atoms with E-state index in [1.54, 1.807) is 0 Å². The van der Waals surface area contributed by atoms with Crippen LogP contribution in [0.15, 0.2) is 182 Å². The van der Waals surface area contributed by atoms with E-state index in [-0.39, 0.29) is 0 Å². The zero-order valence-electron chi connectivity index (χ0n) is 33.2. The Morgan fingerprint density at radius 2 is 0.397 bits per heavy atom.